The molecule has 0 aliphatic rings. The minimum absolute atomic E-state index is 0.0256. The van der Waals surface area contributed by atoms with E-state index >= 15 is 0 Å². The number of benzene rings is 3. The zero-order valence-corrected chi connectivity index (χ0v) is 16.6. The van der Waals surface area contributed by atoms with Crippen molar-refractivity contribution in [2.24, 2.45) is 0 Å². The molecule has 3 aromatic rings. The minimum atomic E-state index is -1.25. The number of anilines is 1. The number of amides is 1. The van der Waals surface area contributed by atoms with Crippen molar-refractivity contribution in [2.45, 2.75) is 20.0 Å². The van der Waals surface area contributed by atoms with Crippen LogP contribution in [0.5, 0.6) is 5.75 Å². The van der Waals surface area contributed by atoms with Gasteiger partial charge < -0.3 is 15.2 Å². The SMILES string of the molecule is CC(=O)c1cccc(NC(=O)[C@H](OC(=O)c2cccc(C)c2O)c2ccccc2)c1. The number of phenolic OH excluding ortho intramolecular Hbond substituents is 1. The van der Waals surface area contributed by atoms with Crippen molar-refractivity contribution in [1.29, 1.82) is 0 Å². The van der Waals surface area contributed by atoms with E-state index in [1.54, 1.807) is 73.7 Å². The average Bonchev–Trinajstić information content (AvgIpc) is 2.74. The summed E-state index contributed by atoms with van der Waals surface area (Å²) in [5, 5.41) is 12.9. The lowest BCUT2D eigenvalue weighted by Gasteiger charge is -2.19. The monoisotopic (exact) mass is 403 g/mol. The molecule has 0 saturated heterocycles. The maximum Gasteiger partial charge on any atom is 0.343 e. The molecule has 0 aromatic heterocycles. The van der Waals surface area contributed by atoms with Crippen LogP contribution in [0.2, 0.25) is 0 Å². The molecule has 3 rings (SSSR count). The van der Waals surface area contributed by atoms with Crippen LogP contribution in [-0.2, 0) is 9.53 Å². The second-order valence-corrected chi connectivity index (χ2v) is 6.79. The number of phenols is 1. The van der Waals surface area contributed by atoms with Gasteiger partial charge in [-0.15, -0.1) is 0 Å². The molecule has 3 aromatic carbocycles. The van der Waals surface area contributed by atoms with Crippen LogP contribution in [0.3, 0.4) is 0 Å². The summed E-state index contributed by atoms with van der Waals surface area (Å²) in [6, 6.07) is 19.8. The number of aromatic hydroxyl groups is 1. The van der Waals surface area contributed by atoms with E-state index in [-0.39, 0.29) is 17.1 Å². The predicted octanol–water partition coefficient (Wildman–Crippen LogP) is 4.44. The van der Waals surface area contributed by atoms with Crippen LogP contribution in [0.1, 0.15) is 44.9 Å². The normalized spacial score (nSPS) is 11.4. The first kappa shape index (κ1) is 20.8. The minimum Gasteiger partial charge on any atom is -0.507 e. The lowest BCUT2D eigenvalue weighted by atomic mass is 10.1. The van der Waals surface area contributed by atoms with Crippen molar-refractivity contribution in [3.63, 3.8) is 0 Å². The fraction of sp³-hybridized carbons (Fsp3) is 0.125. The summed E-state index contributed by atoms with van der Waals surface area (Å²) in [5.74, 6) is -1.73. The van der Waals surface area contributed by atoms with Gasteiger partial charge in [0.15, 0.2) is 5.78 Å². The van der Waals surface area contributed by atoms with E-state index in [0.29, 0.717) is 22.4 Å². The highest BCUT2D eigenvalue weighted by Crippen LogP contribution is 2.26. The molecule has 0 radical (unpaired) electrons. The third-order valence-corrected chi connectivity index (χ3v) is 4.56. The summed E-state index contributed by atoms with van der Waals surface area (Å²) in [7, 11) is 0. The summed E-state index contributed by atoms with van der Waals surface area (Å²) in [5.41, 5.74) is 1.82. The number of carbonyl (C=O) groups excluding carboxylic acids is 3. The molecule has 0 fully saturated rings. The van der Waals surface area contributed by atoms with Crippen LogP contribution in [0.15, 0.2) is 72.8 Å². The highest BCUT2D eigenvalue weighted by Gasteiger charge is 2.27. The number of hydrogen-bond acceptors (Lipinski definition) is 5. The molecule has 1 amide bonds. The van der Waals surface area contributed by atoms with Crippen LogP contribution in [-0.4, -0.2) is 22.8 Å². The Morgan fingerprint density at radius 2 is 1.63 bits per heavy atom. The Bertz CT molecular complexity index is 1090. The summed E-state index contributed by atoms with van der Waals surface area (Å²) >= 11 is 0. The first-order valence-electron chi connectivity index (χ1n) is 9.33. The Morgan fingerprint density at radius 3 is 2.33 bits per heavy atom. The molecule has 2 N–H and O–H groups in total. The second kappa shape index (κ2) is 9.05. The number of esters is 1. The van der Waals surface area contributed by atoms with E-state index in [4.69, 9.17) is 4.74 Å². The van der Waals surface area contributed by atoms with Gasteiger partial charge in [0.2, 0.25) is 6.10 Å². The van der Waals surface area contributed by atoms with E-state index in [1.807, 2.05) is 0 Å². The summed E-state index contributed by atoms with van der Waals surface area (Å²) in [4.78, 5) is 37.3. The smallest absolute Gasteiger partial charge is 0.343 e. The molecule has 152 valence electrons. The van der Waals surface area contributed by atoms with Gasteiger partial charge in [0.1, 0.15) is 11.3 Å². The van der Waals surface area contributed by atoms with Gasteiger partial charge in [-0.1, -0.05) is 54.6 Å². The van der Waals surface area contributed by atoms with Crippen molar-refractivity contribution in [1.82, 2.24) is 0 Å². The maximum atomic E-state index is 13.0. The largest absolute Gasteiger partial charge is 0.507 e. The number of carbonyl (C=O) groups is 3. The maximum absolute atomic E-state index is 13.0. The van der Waals surface area contributed by atoms with Gasteiger partial charge in [0, 0.05) is 16.8 Å². The van der Waals surface area contributed by atoms with Crippen LogP contribution in [0.25, 0.3) is 0 Å². The second-order valence-electron chi connectivity index (χ2n) is 6.79. The van der Waals surface area contributed by atoms with Crippen molar-refractivity contribution >= 4 is 23.3 Å². The third kappa shape index (κ3) is 4.72. The molecular formula is C24H21NO5. The van der Waals surface area contributed by atoms with Crippen molar-refractivity contribution < 1.29 is 24.2 Å². The molecule has 6 nitrogen and oxygen atoms in total. The third-order valence-electron chi connectivity index (χ3n) is 4.56. The fourth-order valence-corrected chi connectivity index (χ4v) is 2.92. The Morgan fingerprint density at radius 1 is 0.933 bits per heavy atom. The highest BCUT2D eigenvalue weighted by molar-refractivity contribution is 6.00. The summed E-state index contributed by atoms with van der Waals surface area (Å²) in [6.07, 6.45) is -1.25. The summed E-state index contributed by atoms with van der Waals surface area (Å²) < 4.78 is 5.49. The fourth-order valence-electron chi connectivity index (χ4n) is 2.92. The van der Waals surface area contributed by atoms with Gasteiger partial charge >= 0.3 is 5.97 Å². The molecule has 0 bridgehead atoms. The number of Topliss-reactive ketones (excluding diaryl/α,β-unsaturated/α-hetero) is 1. The van der Waals surface area contributed by atoms with E-state index in [0.717, 1.165) is 0 Å². The van der Waals surface area contributed by atoms with Gasteiger partial charge in [-0.25, -0.2) is 4.79 Å². The number of hydrogen-bond donors (Lipinski definition) is 2. The van der Waals surface area contributed by atoms with Crippen LogP contribution in [0, 0.1) is 6.92 Å². The molecule has 1 atom stereocenters. The highest BCUT2D eigenvalue weighted by atomic mass is 16.5. The van der Waals surface area contributed by atoms with Crippen molar-refractivity contribution in [3.05, 3.63) is 95.1 Å². The Kier molecular flexibility index (Phi) is 6.27. The van der Waals surface area contributed by atoms with Crippen LogP contribution < -0.4 is 5.32 Å². The van der Waals surface area contributed by atoms with E-state index < -0.39 is 18.0 Å². The van der Waals surface area contributed by atoms with Gasteiger partial charge in [-0.05, 0) is 37.6 Å². The summed E-state index contributed by atoms with van der Waals surface area (Å²) in [6.45, 7) is 3.10. The lowest BCUT2D eigenvalue weighted by molar-refractivity contribution is -0.125. The van der Waals surface area contributed by atoms with Gasteiger partial charge in [-0.2, -0.15) is 0 Å². The topological polar surface area (TPSA) is 92.7 Å². The first-order valence-corrected chi connectivity index (χ1v) is 9.33. The molecule has 0 unspecified atom stereocenters. The van der Waals surface area contributed by atoms with Gasteiger partial charge in [0.05, 0.1) is 0 Å². The number of ether oxygens (including phenoxy) is 1. The molecule has 0 saturated carbocycles. The zero-order valence-electron chi connectivity index (χ0n) is 16.6. The predicted molar refractivity (Wildman–Crippen MR) is 113 cm³/mol. The van der Waals surface area contributed by atoms with Crippen molar-refractivity contribution in [2.75, 3.05) is 5.32 Å². The van der Waals surface area contributed by atoms with Crippen LogP contribution >= 0.6 is 0 Å². The number of ketones is 1. The van der Waals surface area contributed by atoms with Crippen LogP contribution in [0.4, 0.5) is 5.69 Å². The standard InChI is InChI=1S/C24H21NO5/c1-15-8-6-13-20(21(15)27)24(29)30-22(17-9-4-3-5-10-17)23(28)25-19-12-7-11-18(14-19)16(2)26/h3-14,22,27H,1-2H3,(H,25,28)/t22-/m1/s1. The number of nitrogens with one attached hydrogen (secondary N) is 1. The Hall–Kier alpha value is -3.93. The molecule has 30 heavy (non-hydrogen) atoms. The first-order chi connectivity index (χ1) is 14.4. The zero-order chi connectivity index (χ0) is 21.7. The molecule has 6 heteroatoms. The van der Waals surface area contributed by atoms with Gasteiger partial charge in [-0.3, -0.25) is 9.59 Å². The van der Waals surface area contributed by atoms with Crippen molar-refractivity contribution in [3.8, 4) is 5.75 Å². The quantitative estimate of drug-likeness (QED) is 0.469. The average molecular weight is 403 g/mol. The molecular weight excluding hydrogens is 382 g/mol. The van der Waals surface area contributed by atoms with E-state index in [1.165, 1.54) is 13.0 Å². The molecule has 0 spiro atoms. The number of para-hydroxylation sites is 1. The molecule has 0 aliphatic heterocycles. The lowest BCUT2D eigenvalue weighted by Crippen LogP contribution is -2.26. The Balaban J connectivity index is 1.88. The van der Waals surface area contributed by atoms with Gasteiger partial charge in [0.25, 0.3) is 5.91 Å². The Labute approximate surface area is 174 Å². The number of aryl methyl sites for hydroxylation is 1. The molecule has 0 aliphatic carbocycles. The number of rotatable bonds is 6. The van der Waals surface area contributed by atoms with E-state index in [9.17, 15) is 19.5 Å². The van der Waals surface area contributed by atoms with E-state index in [2.05, 4.69) is 5.32 Å². The molecule has 0 heterocycles.